The monoisotopic (exact) mass is 406 g/mol. The number of carboxylic acid groups (broad SMARTS) is 2. The van der Waals surface area contributed by atoms with Crippen molar-refractivity contribution in [2.24, 2.45) is 0 Å². The normalized spacial score (nSPS) is 11.3. The zero-order chi connectivity index (χ0) is 22.3. The molecule has 0 bridgehead atoms. The zero-order valence-electron chi connectivity index (χ0n) is 17.0. The van der Waals surface area contributed by atoms with Gasteiger partial charge in [-0.2, -0.15) is 0 Å². The number of amides is 2. The minimum absolute atomic E-state index is 0.105. The lowest BCUT2D eigenvalue weighted by atomic mass is 10.0. The standard InChI is InChI=1S/C20H26N2O7/c1-6-16(23)21(4)10-14(11-22(5)17(24)7-2)29-13-8-12(3)18(20(27)28)15(9-13)19(25)26/h6,8-9,14H,1,7,10-11H2,2-5H3,(H,25,26)(H,27,28). The Balaban J connectivity index is 3.24. The van der Waals surface area contributed by atoms with Crippen molar-refractivity contribution in [3.05, 3.63) is 41.5 Å². The molecule has 9 heteroatoms. The predicted molar refractivity (Wildman–Crippen MR) is 105 cm³/mol. The van der Waals surface area contributed by atoms with Gasteiger partial charge in [0.1, 0.15) is 11.9 Å². The van der Waals surface area contributed by atoms with Crippen molar-refractivity contribution >= 4 is 23.8 Å². The summed E-state index contributed by atoms with van der Waals surface area (Å²) in [5.41, 5.74) is -0.502. The molecule has 1 rings (SSSR count). The average Bonchev–Trinajstić information content (AvgIpc) is 2.65. The molecule has 0 heterocycles. The summed E-state index contributed by atoms with van der Waals surface area (Å²) in [5, 5.41) is 18.6. The van der Waals surface area contributed by atoms with Gasteiger partial charge >= 0.3 is 11.9 Å². The van der Waals surface area contributed by atoms with Crippen LogP contribution in [0.4, 0.5) is 0 Å². The number of aromatic carboxylic acids is 2. The molecule has 1 aromatic rings. The van der Waals surface area contributed by atoms with Crippen molar-refractivity contribution in [3.8, 4) is 5.75 Å². The molecule has 0 aliphatic rings. The lowest BCUT2D eigenvalue weighted by Gasteiger charge is -2.28. The van der Waals surface area contributed by atoms with E-state index in [2.05, 4.69) is 6.58 Å². The molecule has 0 spiro atoms. The first-order valence-electron chi connectivity index (χ1n) is 8.91. The summed E-state index contributed by atoms with van der Waals surface area (Å²) >= 11 is 0. The van der Waals surface area contributed by atoms with Crippen molar-refractivity contribution in [1.29, 1.82) is 0 Å². The second kappa shape index (κ2) is 10.3. The van der Waals surface area contributed by atoms with Gasteiger partial charge in [-0.25, -0.2) is 9.59 Å². The molecule has 0 aliphatic heterocycles. The van der Waals surface area contributed by atoms with E-state index < -0.39 is 23.6 Å². The maximum Gasteiger partial charge on any atom is 0.336 e. The number of aryl methyl sites for hydroxylation is 1. The van der Waals surface area contributed by atoms with Gasteiger partial charge in [-0.3, -0.25) is 9.59 Å². The molecule has 2 amide bonds. The molecule has 29 heavy (non-hydrogen) atoms. The van der Waals surface area contributed by atoms with E-state index in [-0.39, 0.29) is 41.8 Å². The highest BCUT2D eigenvalue weighted by atomic mass is 16.5. The molecule has 0 fully saturated rings. The number of likely N-dealkylation sites (N-methyl/N-ethyl adjacent to an activating group) is 2. The maximum atomic E-state index is 11.9. The summed E-state index contributed by atoms with van der Waals surface area (Å²) in [6.45, 7) is 6.86. The van der Waals surface area contributed by atoms with Gasteiger partial charge in [0.15, 0.2) is 0 Å². The number of carbonyl (C=O) groups excluding carboxylic acids is 2. The third-order valence-electron chi connectivity index (χ3n) is 4.29. The lowest BCUT2D eigenvalue weighted by Crippen LogP contribution is -2.44. The Hall–Kier alpha value is -3.36. The van der Waals surface area contributed by atoms with E-state index >= 15 is 0 Å². The quantitative estimate of drug-likeness (QED) is 0.566. The van der Waals surface area contributed by atoms with Gasteiger partial charge < -0.3 is 24.7 Å². The van der Waals surface area contributed by atoms with Crippen molar-refractivity contribution in [3.63, 3.8) is 0 Å². The topological polar surface area (TPSA) is 124 Å². The van der Waals surface area contributed by atoms with Gasteiger partial charge in [0, 0.05) is 20.5 Å². The van der Waals surface area contributed by atoms with Crippen molar-refractivity contribution in [2.45, 2.75) is 26.4 Å². The van der Waals surface area contributed by atoms with Crippen molar-refractivity contribution < 1.29 is 34.1 Å². The first-order valence-corrected chi connectivity index (χ1v) is 8.91. The third kappa shape index (κ3) is 6.34. The van der Waals surface area contributed by atoms with Gasteiger partial charge in [0.25, 0.3) is 0 Å². The largest absolute Gasteiger partial charge is 0.487 e. The highest BCUT2D eigenvalue weighted by molar-refractivity contribution is 6.03. The molecule has 1 atom stereocenters. The molecule has 158 valence electrons. The van der Waals surface area contributed by atoms with Crippen LogP contribution in [-0.2, 0) is 9.59 Å². The molecule has 1 aromatic carbocycles. The van der Waals surface area contributed by atoms with Gasteiger partial charge in [0.2, 0.25) is 11.8 Å². The summed E-state index contributed by atoms with van der Waals surface area (Å²) in [4.78, 5) is 49.4. The summed E-state index contributed by atoms with van der Waals surface area (Å²) in [6, 6.07) is 2.54. The van der Waals surface area contributed by atoms with Crippen LogP contribution in [0.5, 0.6) is 5.75 Å². The Morgan fingerprint density at radius 3 is 2.17 bits per heavy atom. The molecule has 9 nitrogen and oxygen atoms in total. The first-order chi connectivity index (χ1) is 13.5. The summed E-state index contributed by atoms with van der Waals surface area (Å²) < 4.78 is 5.87. The summed E-state index contributed by atoms with van der Waals surface area (Å²) in [6.07, 6.45) is 0.758. The average molecular weight is 406 g/mol. The highest BCUT2D eigenvalue weighted by Gasteiger charge is 2.24. The smallest absolute Gasteiger partial charge is 0.336 e. The maximum absolute atomic E-state index is 11.9. The van der Waals surface area contributed by atoms with Crippen molar-refractivity contribution in [1.82, 2.24) is 9.80 Å². The summed E-state index contributed by atoms with van der Waals surface area (Å²) in [7, 11) is 3.14. The van der Waals surface area contributed by atoms with Crippen LogP contribution in [0, 0.1) is 6.92 Å². The number of rotatable bonds is 10. The zero-order valence-corrected chi connectivity index (χ0v) is 17.0. The fourth-order valence-corrected chi connectivity index (χ4v) is 2.83. The van der Waals surface area contributed by atoms with Gasteiger partial charge in [-0.05, 0) is 30.7 Å². The van der Waals surface area contributed by atoms with Crippen LogP contribution < -0.4 is 4.74 Å². The number of carboxylic acids is 2. The van der Waals surface area contributed by atoms with Crippen LogP contribution in [0.15, 0.2) is 24.8 Å². The van der Waals surface area contributed by atoms with E-state index in [1.807, 2.05) is 0 Å². The Morgan fingerprint density at radius 1 is 1.10 bits per heavy atom. The van der Waals surface area contributed by atoms with Gasteiger partial charge in [-0.15, -0.1) is 0 Å². The Bertz CT molecular complexity index is 819. The van der Waals surface area contributed by atoms with Crippen LogP contribution in [0.3, 0.4) is 0 Å². The number of benzene rings is 1. The lowest BCUT2D eigenvalue weighted by molar-refractivity contribution is -0.131. The van der Waals surface area contributed by atoms with Gasteiger partial charge in [0.05, 0.1) is 24.2 Å². The van der Waals surface area contributed by atoms with Crippen LogP contribution in [-0.4, -0.2) is 77.1 Å². The van der Waals surface area contributed by atoms with E-state index in [4.69, 9.17) is 4.74 Å². The summed E-state index contributed by atoms with van der Waals surface area (Å²) in [5.74, 6) is -3.09. The molecule has 0 aliphatic carbocycles. The van der Waals surface area contributed by atoms with Crippen LogP contribution >= 0.6 is 0 Å². The number of hydrogen-bond donors (Lipinski definition) is 2. The second-order valence-corrected chi connectivity index (χ2v) is 6.56. The number of hydrogen-bond acceptors (Lipinski definition) is 5. The molecular formula is C20H26N2O7. The van der Waals surface area contributed by atoms with Crippen molar-refractivity contribution in [2.75, 3.05) is 27.2 Å². The number of ether oxygens (including phenoxy) is 1. The molecule has 2 N–H and O–H groups in total. The SMILES string of the molecule is C=CC(=O)N(C)CC(CN(C)C(=O)CC)Oc1cc(C)c(C(=O)O)c(C(=O)O)c1. The fourth-order valence-electron chi connectivity index (χ4n) is 2.83. The number of carbonyl (C=O) groups is 4. The van der Waals surface area contributed by atoms with E-state index in [1.54, 1.807) is 21.0 Å². The van der Waals surface area contributed by atoms with Crippen LogP contribution in [0.1, 0.15) is 39.6 Å². The van der Waals surface area contributed by atoms with E-state index in [0.29, 0.717) is 6.42 Å². The third-order valence-corrected chi connectivity index (χ3v) is 4.29. The van der Waals surface area contributed by atoms with E-state index in [9.17, 15) is 29.4 Å². The molecule has 0 aromatic heterocycles. The Labute approximate surface area is 169 Å². The Morgan fingerprint density at radius 2 is 1.69 bits per heavy atom. The highest BCUT2D eigenvalue weighted by Crippen LogP contribution is 2.24. The van der Waals surface area contributed by atoms with E-state index in [1.165, 1.54) is 22.8 Å². The fraction of sp³-hybridized carbons (Fsp3) is 0.400. The first kappa shape index (κ1) is 23.7. The number of nitrogens with zero attached hydrogens (tertiary/aromatic N) is 2. The minimum atomic E-state index is -1.40. The van der Waals surface area contributed by atoms with Gasteiger partial charge in [-0.1, -0.05) is 13.5 Å². The molecule has 0 radical (unpaired) electrons. The van der Waals surface area contributed by atoms with Crippen LogP contribution in [0.25, 0.3) is 0 Å². The predicted octanol–water partition coefficient (Wildman–Crippen LogP) is 1.65. The van der Waals surface area contributed by atoms with E-state index in [0.717, 1.165) is 12.1 Å². The Kier molecular flexibility index (Phi) is 8.38. The van der Waals surface area contributed by atoms with Crippen LogP contribution in [0.2, 0.25) is 0 Å². The molecule has 0 saturated heterocycles. The molecule has 0 saturated carbocycles. The minimum Gasteiger partial charge on any atom is -0.487 e. The molecular weight excluding hydrogens is 380 g/mol. The second-order valence-electron chi connectivity index (χ2n) is 6.56. The molecule has 1 unspecified atom stereocenters.